The van der Waals surface area contributed by atoms with E-state index in [-0.39, 0.29) is 30.2 Å². The topological polar surface area (TPSA) is 51.2 Å². The highest BCUT2D eigenvalue weighted by Crippen LogP contribution is 1.98. The van der Waals surface area contributed by atoms with Crippen molar-refractivity contribution in [3.8, 4) is 0 Å². The predicted molar refractivity (Wildman–Crippen MR) is 44.8 cm³/mol. The van der Waals surface area contributed by atoms with Gasteiger partial charge in [0.2, 0.25) is 0 Å². The Labute approximate surface area is 72.1 Å². The van der Waals surface area contributed by atoms with Crippen LogP contribution in [0.15, 0.2) is 0 Å². The Balaban J connectivity index is 3.69. The van der Waals surface area contributed by atoms with Crippen LogP contribution in [0.3, 0.4) is 0 Å². The zero-order valence-electron chi connectivity index (χ0n) is 7.55. The van der Waals surface area contributed by atoms with E-state index < -0.39 is 0 Å². The maximum atomic E-state index is 10.9. The lowest BCUT2D eigenvalue weighted by Gasteiger charge is -1.95. The molecule has 0 atom stereocenters. The molecule has 0 aromatic carbocycles. The zero-order chi connectivity index (χ0) is 9.56. The Bertz CT molecular complexity index is 194. The summed E-state index contributed by atoms with van der Waals surface area (Å²) in [7, 11) is 0. The quantitative estimate of drug-likeness (QED) is 0.564. The maximum Gasteiger partial charge on any atom is 0.147 e. The van der Waals surface area contributed by atoms with E-state index in [0.29, 0.717) is 6.42 Å². The van der Waals surface area contributed by atoms with Gasteiger partial charge in [0, 0.05) is 6.42 Å². The summed E-state index contributed by atoms with van der Waals surface area (Å²) in [6.45, 7) is 3.23. The lowest BCUT2D eigenvalue weighted by Crippen LogP contribution is -2.10. The minimum absolute atomic E-state index is 0.0660. The first kappa shape index (κ1) is 11.0. The van der Waals surface area contributed by atoms with Gasteiger partial charge in [-0.15, -0.1) is 0 Å². The maximum absolute atomic E-state index is 10.9. The van der Waals surface area contributed by atoms with Crippen molar-refractivity contribution in [1.29, 1.82) is 0 Å². The van der Waals surface area contributed by atoms with Crippen molar-refractivity contribution in [2.24, 2.45) is 0 Å². The molecule has 0 fully saturated rings. The van der Waals surface area contributed by atoms with Crippen molar-refractivity contribution in [2.75, 3.05) is 0 Å². The molecule has 0 saturated carbocycles. The third kappa shape index (κ3) is 5.77. The molecule has 0 aliphatic carbocycles. The van der Waals surface area contributed by atoms with Gasteiger partial charge in [-0.05, 0) is 13.3 Å². The molecule has 0 aliphatic heterocycles. The van der Waals surface area contributed by atoms with Crippen molar-refractivity contribution < 1.29 is 14.4 Å². The minimum Gasteiger partial charge on any atom is -0.300 e. The van der Waals surface area contributed by atoms with Crippen LogP contribution in [-0.4, -0.2) is 17.3 Å². The van der Waals surface area contributed by atoms with Gasteiger partial charge >= 0.3 is 0 Å². The van der Waals surface area contributed by atoms with Crippen LogP contribution in [-0.2, 0) is 14.4 Å². The summed E-state index contributed by atoms with van der Waals surface area (Å²) in [4.78, 5) is 32.3. The highest BCUT2D eigenvalue weighted by atomic mass is 16.2. The number of ketones is 3. The molecule has 0 amide bonds. The van der Waals surface area contributed by atoms with E-state index in [0.717, 1.165) is 6.42 Å². The van der Waals surface area contributed by atoms with Crippen molar-refractivity contribution >= 4 is 17.3 Å². The van der Waals surface area contributed by atoms with Gasteiger partial charge in [0.25, 0.3) is 0 Å². The average Bonchev–Trinajstić information content (AvgIpc) is 1.84. The summed E-state index contributed by atoms with van der Waals surface area (Å²) in [5.41, 5.74) is 0. The van der Waals surface area contributed by atoms with E-state index in [2.05, 4.69) is 0 Å². The van der Waals surface area contributed by atoms with Gasteiger partial charge in [-0.1, -0.05) is 6.92 Å². The van der Waals surface area contributed by atoms with E-state index in [9.17, 15) is 14.4 Å². The Kier molecular flexibility index (Phi) is 5.17. The van der Waals surface area contributed by atoms with Crippen LogP contribution in [0.2, 0.25) is 0 Å². The SMILES string of the molecule is CCCC(=O)CC(=O)CC(C)=O. The molecule has 0 spiro atoms. The van der Waals surface area contributed by atoms with Crippen molar-refractivity contribution in [1.82, 2.24) is 0 Å². The molecule has 0 bridgehead atoms. The smallest absolute Gasteiger partial charge is 0.147 e. The van der Waals surface area contributed by atoms with E-state index in [1.807, 2.05) is 6.92 Å². The highest BCUT2D eigenvalue weighted by Gasteiger charge is 2.09. The normalized spacial score (nSPS) is 9.50. The van der Waals surface area contributed by atoms with Gasteiger partial charge < -0.3 is 0 Å². The summed E-state index contributed by atoms with van der Waals surface area (Å²) in [5.74, 6) is -0.506. The molecule has 3 heteroatoms. The second-order valence-corrected chi connectivity index (χ2v) is 2.88. The summed E-state index contributed by atoms with van der Waals surface area (Å²) in [6, 6.07) is 0. The molecule has 3 nitrogen and oxygen atoms in total. The standard InChI is InChI=1S/C9H14O3/c1-3-4-8(11)6-9(12)5-7(2)10/h3-6H2,1-2H3. The molecule has 0 heterocycles. The molecule has 0 aliphatic rings. The van der Waals surface area contributed by atoms with Crippen molar-refractivity contribution in [3.05, 3.63) is 0 Å². The summed E-state index contributed by atoms with van der Waals surface area (Å²) >= 11 is 0. The van der Waals surface area contributed by atoms with E-state index in [1.165, 1.54) is 6.92 Å². The first-order valence-electron chi connectivity index (χ1n) is 4.09. The number of carbonyl (C=O) groups excluding carboxylic acids is 3. The minimum atomic E-state index is -0.263. The first-order valence-corrected chi connectivity index (χ1v) is 4.09. The Morgan fingerprint density at radius 2 is 1.58 bits per heavy atom. The van der Waals surface area contributed by atoms with E-state index in [1.54, 1.807) is 0 Å². The predicted octanol–water partition coefficient (Wildman–Crippen LogP) is 1.29. The summed E-state index contributed by atoms with van der Waals surface area (Å²) < 4.78 is 0. The molecule has 68 valence electrons. The fraction of sp³-hybridized carbons (Fsp3) is 0.667. The van der Waals surface area contributed by atoms with Crippen molar-refractivity contribution in [3.63, 3.8) is 0 Å². The van der Waals surface area contributed by atoms with Crippen LogP contribution in [0.1, 0.15) is 39.5 Å². The Morgan fingerprint density at radius 1 is 1.00 bits per heavy atom. The zero-order valence-corrected chi connectivity index (χ0v) is 7.55. The van der Waals surface area contributed by atoms with Crippen molar-refractivity contribution in [2.45, 2.75) is 39.5 Å². The van der Waals surface area contributed by atoms with E-state index in [4.69, 9.17) is 0 Å². The second kappa shape index (κ2) is 5.63. The first-order chi connectivity index (χ1) is 5.56. The number of hydrogen-bond acceptors (Lipinski definition) is 3. The molecular formula is C9H14O3. The van der Waals surface area contributed by atoms with Gasteiger partial charge in [-0.2, -0.15) is 0 Å². The number of carbonyl (C=O) groups is 3. The number of Topliss-reactive ketones (excluding diaryl/α,β-unsaturated/α-hetero) is 3. The van der Waals surface area contributed by atoms with Gasteiger partial charge in [-0.3, -0.25) is 14.4 Å². The summed E-state index contributed by atoms with van der Waals surface area (Å²) in [5, 5.41) is 0. The fourth-order valence-electron chi connectivity index (χ4n) is 0.927. The van der Waals surface area contributed by atoms with Crippen LogP contribution < -0.4 is 0 Å². The van der Waals surface area contributed by atoms with Gasteiger partial charge in [0.05, 0.1) is 12.8 Å². The average molecular weight is 170 g/mol. The lowest BCUT2D eigenvalue weighted by atomic mass is 10.1. The molecule has 0 radical (unpaired) electrons. The largest absolute Gasteiger partial charge is 0.300 e. The molecule has 0 saturated heterocycles. The third-order valence-corrected chi connectivity index (χ3v) is 1.37. The third-order valence-electron chi connectivity index (χ3n) is 1.37. The molecule has 0 unspecified atom stereocenters. The number of hydrogen-bond donors (Lipinski definition) is 0. The molecule has 0 aromatic rings. The lowest BCUT2D eigenvalue weighted by molar-refractivity contribution is -0.129. The van der Waals surface area contributed by atoms with Crippen LogP contribution in [0.4, 0.5) is 0 Å². The van der Waals surface area contributed by atoms with E-state index >= 15 is 0 Å². The second-order valence-electron chi connectivity index (χ2n) is 2.88. The van der Waals surface area contributed by atoms with Crippen LogP contribution in [0.25, 0.3) is 0 Å². The highest BCUT2D eigenvalue weighted by molar-refractivity contribution is 6.06. The Hall–Kier alpha value is -0.990. The molecule has 12 heavy (non-hydrogen) atoms. The Morgan fingerprint density at radius 3 is 2.00 bits per heavy atom. The molecule has 0 N–H and O–H groups in total. The molecular weight excluding hydrogens is 156 g/mol. The molecule has 0 aromatic heterocycles. The van der Waals surface area contributed by atoms with Crippen LogP contribution in [0, 0.1) is 0 Å². The van der Waals surface area contributed by atoms with Gasteiger partial charge in [0.15, 0.2) is 0 Å². The fourth-order valence-corrected chi connectivity index (χ4v) is 0.927. The monoisotopic (exact) mass is 170 g/mol. The van der Waals surface area contributed by atoms with Gasteiger partial charge in [0.1, 0.15) is 17.3 Å². The van der Waals surface area contributed by atoms with Gasteiger partial charge in [-0.25, -0.2) is 0 Å². The molecule has 0 rings (SSSR count). The summed E-state index contributed by atoms with van der Waals surface area (Å²) in [6.07, 6.45) is 1.01. The number of rotatable bonds is 6. The van der Waals surface area contributed by atoms with Crippen LogP contribution in [0.5, 0.6) is 0 Å². The van der Waals surface area contributed by atoms with Crippen LogP contribution >= 0.6 is 0 Å².